The number of thioether (sulfide) groups is 1. The molecule has 0 unspecified atom stereocenters. The van der Waals surface area contributed by atoms with Crippen molar-refractivity contribution >= 4 is 32.7 Å². The highest BCUT2D eigenvalue weighted by Gasteiger charge is 2.54. The van der Waals surface area contributed by atoms with Gasteiger partial charge in [0.1, 0.15) is 0 Å². The van der Waals surface area contributed by atoms with E-state index in [1.54, 1.807) is 0 Å². The fourth-order valence-corrected chi connectivity index (χ4v) is 8.90. The molecule has 5 nitrogen and oxygen atoms in total. The Hall–Kier alpha value is -0.560. The van der Waals surface area contributed by atoms with Crippen molar-refractivity contribution in [3.8, 4) is 0 Å². The molecule has 0 radical (unpaired) electrons. The third-order valence-corrected chi connectivity index (χ3v) is 9.07. The predicted octanol–water partition coefficient (Wildman–Crippen LogP) is 2.07. The molecule has 4 aliphatic rings. The van der Waals surface area contributed by atoms with Gasteiger partial charge in [0.05, 0.1) is 17.5 Å². The minimum absolute atomic E-state index is 0.0301. The van der Waals surface area contributed by atoms with Crippen molar-refractivity contribution in [2.24, 2.45) is 16.8 Å². The molecule has 2 aliphatic heterocycles. The summed E-state index contributed by atoms with van der Waals surface area (Å²) in [7, 11) is -2.95. The van der Waals surface area contributed by atoms with E-state index in [9.17, 15) is 13.2 Å². The van der Waals surface area contributed by atoms with Crippen molar-refractivity contribution in [1.82, 2.24) is 4.90 Å². The fraction of sp³-hybridized carbons (Fsp3) is 0.875. The highest BCUT2D eigenvalue weighted by Crippen LogP contribution is 2.51. The summed E-state index contributed by atoms with van der Waals surface area (Å²) in [5, 5.41) is 0.873. The van der Waals surface area contributed by atoms with Gasteiger partial charge in [-0.25, -0.2) is 8.42 Å². The zero-order valence-corrected chi connectivity index (χ0v) is 15.1. The molecular weight excluding hydrogens is 332 g/mol. The van der Waals surface area contributed by atoms with Gasteiger partial charge in [0, 0.05) is 17.7 Å². The second-order valence-electron chi connectivity index (χ2n) is 7.49. The summed E-state index contributed by atoms with van der Waals surface area (Å²) >= 11 is 1.54. The lowest BCUT2D eigenvalue weighted by Gasteiger charge is -2.36. The molecule has 0 spiro atoms. The van der Waals surface area contributed by atoms with Crippen LogP contribution in [0.5, 0.6) is 0 Å². The average Bonchev–Trinajstić information content (AvgIpc) is 3.18. The maximum Gasteiger partial charge on any atom is 0.248 e. The third-order valence-electron chi connectivity index (χ3n) is 5.85. The first-order chi connectivity index (χ1) is 11.0. The molecule has 0 N–H and O–H groups in total. The summed E-state index contributed by atoms with van der Waals surface area (Å²) < 4.78 is 24.1. The Labute approximate surface area is 142 Å². The summed E-state index contributed by atoms with van der Waals surface area (Å²) in [6.45, 7) is 1.98. The Kier molecular flexibility index (Phi) is 3.99. The highest BCUT2D eigenvalue weighted by atomic mass is 32.2. The predicted molar refractivity (Wildman–Crippen MR) is 92.2 cm³/mol. The molecule has 7 heteroatoms. The molecule has 1 amide bonds. The fourth-order valence-electron chi connectivity index (χ4n) is 4.91. The first-order valence-corrected chi connectivity index (χ1v) is 11.4. The largest absolute Gasteiger partial charge is 0.343 e. The topological polar surface area (TPSA) is 66.8 Å². The lowest BCUT2D eigenvalue weighted by atomic mass is 9.93. The number of hydrogen-bond acceptors (Lipinski definition) is 4. The van der Waals surface area contributed by atoms with Gasteiger partial charge in [-0.2, -0.15) is 4.99 Å². The molecule has 128 valence electrons. The maximum atomic E-state index is 12.0. The van der Waals surface area contributed by atoms with Crippen LogP contribution in [0.15, 0.2) is 4.99 Å². The van der Waals surface area contributed by atoms with Crippen LogP contribution in [0.3, 0.4) is 0 Å². The van der Waals surface area contributed by atoms with Crippen LogP contribution in [-0.2, 0) is 14.6 Å². The molecule has 4 rings (SSSR count). The molecule has 0 aromatic heterocycles. The van der Waals surface area contributed by atoms with E-state index in [1.807, 2.05) is 6.92 Å². The van der Waals surface area contributed by atoms with E-state index >= 15 is 0 Å². The quantitative estimate of drug-likeness (QED) is 0.774. The van der Waals surface area contributed by atoms with Gasteiger partial charge >= 0.3 is 0 Å². The van der Waals surface area contributed by atoms with Crippen molar-refractivity contribution in [1.29, 1.82) is 0 Å². The van der Waals surface area contributed by atoms with Crippen LogP contribution in [0, 0.1) is 11.8 Å². The van der Waals surface area contributed by atoms with Gasteiger partial charge in [-0.1, -0.05) is 25.1 Å². The van der Waals surface area contributed by atoms with E-state index in [2.05, 4.69) is 9.89 Å². The SMILES string of the molecule is CCCC(=O)N=C1S[C@@H]2CS(=O)(=O)C[C@@H]2N1[C@@H]1C[C@H]2CC[C@H]1C2. The molecule has 2 aliphatic carbocycles. The number of fused-ring (bicyclic) bond motifs is 3. The van der Waals surface area contributed by atoms with Crippen LogP contribution in [0.1, 0.15) is 45.4 Å². The smallest absolute Gasteiger partial charge is 0.248 e. The third kappa shape index (κ3) is 2.84. The number of aliphatic imine (C=N–C) groups is 1. The summed E-state index contributed by atoms with van der Waals surface area (Å²) in [6, 6.07) is 0.431. The summed E-state index contributed by atoms with van der Waals surface area (Å²) in [5.74, 6) is 1.86. The van der Waals surface area contributed by atoms with E-state index in [4.69, 9.17) is 0 Å². The van der Waals surface area contributed by atoms with Gasteiger partial charge in [-0.3, -0.25) is 4.79 Å². The molecule has 2 bridgehead atoms. The maximum absolute atomic E-state index is 12.0. The van der Waals surface area contributed by atoms with Crippen LogP contribution in [0.2, 0.25) is 0 Å². The number of amidine groups is 1. The first-order valence-electron chi connectivity index (χ1n) is 8.74. The van der Waals surface area contributed by atoms with Crippen LogP contribution < -0.4 is 0 Å². The van der Waals surface area contributed by atoms with Crippen LogP contribution in [0.4, 0.5) is 0 Å². The Morgan fingerprint density at radius 2 is 2.09 bits per heavy atom. The van der Waals surface area contributed by atoms with Crippen LogP contribution in [-0.4, -0.2) is 53.2 Å². The Bertz CT molecular complexity index is 646. The van der Waals surface area contributed by atoms with E-state index < -0.39 is 9.84 Å². The van der Waals surface area contributed by atoms with E-state index in [-0.39, 0.29) is 28.7 Å². The van der Waals surface area contributed by atoms with E-state index in [1.165, 1.54) is 31.0 Å². The van der Waals surface area contributed by atoms with Gasteiger partial charge < -0.3 is 4.90 Å². The molecule has 23 heavy (non-hydrogen) atoms. The van der Waals surface area contributed by atoms with Crippen LogP contribution in [0.25, 0.3) is 0 Å². The van der Waals surface area contributed by atoms with Gasteiger partial charge in [-0.05, 0) is 37.5 Å². The van der Waals surface area contributed by atoms with Gasteiger partial charge in [0.2, 0.25) is 5.91 Å². The Morgan fingerprint density at radius 1 is 1.26 bits per heavy atom. The Balaban J connectivity index is 1.63. The second-order valence-corrected chi connectivity index (χ2v) is 10.8. The number of sulfone groups is 1. The monoisotopic (exact) mass is 356 g/mol. The number of carbonyl (C=O) groups is 1. The van der Waals surface area contributed by atoms with Gasteiger partial charge in [0.25, 0.3) is 0 Å². The van der Waals surface area contributed by atoms with Crippen molar-refractivity contribution in [2.75, 3.05) is 11.5 Å². The Morgan fingerprint density at radius 3 is 2.74 bits per heavy atom. The molecule has 0 aromatic carbocycles. The zero-order valence-electron chi connectivity index (χ0n) is 13.5. The summed E-state index contributed by atoms with van der Waals surface area (Å²) in [4.78, 5) is 18.7. The van der Waals surface area contributed by atoms with Crippen molar-refractivity contribution < 1.29 is 13.2 Å². The van der Waals surface area contributed by atoms with Gasteiger partial charge in [0.15, 0.2) is 15.0 Å². The van der Waals surface area contributed by atoms with Crippen molar-refractivity contribution in [2.45, 2.75) is 62.8 Å². The number of nitrogens with zero attached hydrogens (tertiary/aromatic N) is 2. The molecule has 5 atom stereocenters. The lowest BCUT2D eigenvalue weighted by Crippen LogP contribution is -2.47. The lowest BCUT2D eigenvalue weighted by molar-refractivity contribution is -0.117. The first kappa shape index (κ1) is 15.9. The number of amides is 1. The molecular formula is C16H24N2O3S2. The second kappa shape index (κ2) is 5.76. The summed E-state index contributed by atoms with van der Waals surface area (Å²) in [5.41, 5.74) is 0. The van der Waals surface area contributed by atoms with Crippen LogP contribution >= 0.6 is 11.8 Å². The molecule has 2 saturated heterocycles. The van der Waals surface area contributed by atoms with Crippen molar-refractivity contribution in [3.05, 3.63) is 0 Å². The molecule has 2 heterocycles. The van der Waals surface area contributed by atoms with Gasteiger partial charge in [-0.15, -0.1) is 0 Å². The number of rotatable bonds is 3. The van der Waals surface area contributed by atoms with E-state index in [0.29, 0.717) is 18.4 Å². The summed E-state index contributed by atoms with van der Waals surface area (Å²) in [6.07, 6.45) is 6.26. The molecule has 4 fully saturated rings. The normalized spacial score (nSPS) is 42.6. The molecule has 2 saturated carbocycles. The minimum atomic E-state index is -2.95. The minimum Gasteiger partial charge on any atom is -0.343 e. The number of carbonyl (C=O) groups excluding carboxylic acids is 1. The highest BCUT2D eigenvalue weighted by molar-refractivity contribution is 8.15. The molecule has 0 aromatic rings. The standard InChI is InChI=1S/C16H24N2O3S2/c1-2-3-15(19)17-16-18(12-7-10-4-5-11(12)6-10)13-8-23(20,21)9-14(13)22-16/h10-14H,2-9H2,1H3/t10-,11-,12+,13-,14+/m0/s1. The number of hydrogen-bond donors (Lipinski definition) is 0. The average molecular weight is 357 g/mol. The zero-order chi connectivity index (χ0) is 16.2. The van der Waals surface area contributed by atoms with Crippen molar-refractivity contribution in [3.63, 3.8) is 0 Å². The van der Waals surface area contributed by atoms with E-state index in [0.717, 1.165) is 23.9 Å².